The molecule has 0 heterocycles. The van der Waals surface area contributed by atoms with Gasteiger partial charge in [0.2, 0.25) is 0 Å². The van der Waals surface area contributed by atoms with Crippen molar-refractivity contribution >= 4 is 13.5 Å². The van der Waals surface area contributed by atoms with Gasteiger partial charge in [0.05, 0.1) is 7.85 Å². The molecule has 4 aromatic carbocycles. The number of hydrogen-bond acceptors (Lipinski definition) is 1. The van der Waals surface area contributed by atoms with E-state index in [2.05, 4.69) is 134 Å². The first-order valence-corrected chi connectivity index (χ1v) is 12.4. The van der Waals surface area contributed by atoms with Gasteiger partial charge in [-0.2, -0.15) is 0 Å². The molecule has 34 heavy (non-hydrogen) atoms. The Labute approximate surface area is 207 Å². The highest BCUT2D eigenvalue weighted by Gasteiger charge is 2.35. The van der Waals surface area contributed by atoms with Crippen LogP contribution >= 0.6 is 0 Å². The first-order valence-electron chi connectivity index (χ1n) is 12.4. The van der Waals surface area contributed by atoms with Gasteiger partial charge in [0, 0.05) is 24.2 Å². The van der Waals surface area contributed by atoms with Gasteiger partial charge in [-0.3, -0.25) is 0 Å². The second-order valence-electron chi connectivity index (χ2n) is 8.40. The summed E-state index contributed by atoms with van der Waals surface area (Å²) in [5, 5.41) is 0. The van der Waals surface area contributed by atoms with E-state index in [9.17, 15) is 0 Å². The van der Waals surface area contributed by atoms with Crippen molar-refractivity contribution < 1.29 is 0 Å². The van der Waals surface area contributed by atoms with Crippen molar-refractivity contribution in [3.63, 3.8) is 0 Å². The SMILES string of the molecule is CCN(CC)c1ccccc1.[B]CCCC(c1ccccc1)(c1ccccc1)c1ccccc1. The molecule has 0 atom stereocenters. The lowest BCUT2D eigenvalue weighted by molar-refractivity contribution is 0.550. The average Bonchev–Trinajstić information content (AvgIpc) is 2.93. The van der Waals surface area contributed by atoms with Crippen LogP contribution in [0.4, 0.5) is 5.69 Å². The highest BCUT2D eigenvalue weighted by molar-refractivity contribution is 6.08. The van der Waals surface area contributed by atoms with Crippen LogP contribution in [-0.4, -0.2) is 20.9 Å². The van der Waals surface area contributed by atoms with Gasteiger partial charge < -0.3 is 4.90 Å². The second kappa shape index (κ2) is 13.5. The molecule has 2 radical (unpaired) electrons. The molecule has 0 fully saturated rings. The van der Waals surface area contributed by atoms with E-state index in [1.54, 1.807) is 0 Å². The van der Waals surface area contributed by atoms with E-state index in [0.29, 0.717) is 6.32 Å². The van der Waals surface area contributed by atoms with Crippen LogP contribution in [0.15, 0.2) is 121 Å². The van der Waals surface area contributed by atoms with Gasteiger partial charge in [0.25, 0.3) is 0 Å². The van der Waals surface area contributed by atoms with E-state index in [4.69, 9.17) is 7.85 Å². The van der Waals surface area contributed by atoms with Gasteiger partial charge in [0.15, 0.2) is 0 Å². The molecule has 0 N–H and O–H groups in total. The van der Waals surface area contributed by atoms with Crippen LogP contribution in [-0.2, 0) is 5.41 Å². The van der Waals surface area contributed by atoms with Crippen LogP contribution in [0.25, 0.3) is 0 Å². The fraction of sp³-hybridized carbons (Fsp3) is 0.250. The summed E-state index contributed by atoms with van der Waals surface area (Å²) in [5.74, 6) is 0. The van der Waals surface area contributed by atoms with Crippen LogP contribution in [0.3, 0.4) is 0 Å². The van der Waals surface area contributed by atoms with Gasteiger partial charge >= 0.3 is 0 Å². The molecule has 0 saturated carbocycles. The molecule has 2 heteroatoms. The lowest BCUT2D eigenvalue weighted by atomic mass is 9.66. The molecule has 0 aromatic heterocycles. The Morgan fingerprint density at radius 3 is 1.24 bits per heavy atom. The summed E-state index contributed by atoms with van der Waals surface area (Å²) in [6, 6.07) is 42.9. The Balaban J connectivity index is 0.000000248. The van der Waals surface area contributed by atoms with Gasteiger partial charge in [0.1, 0.15) is 0 Å². The van der Waals surface area contributed by atoms with Crippen LogP contribution < -0.4 is 4.90 Å². The fourth-order valence-electron chi connectivity index (χ4n) is 4.70. The van der Waals surface area contributed by atoms with E-state index in [0.717, 1.165) is 25.9 Å². The number of hydrogen-bond donors (Lipinski definition) is 0. The lowest BCUT2D eigenvalue weighted by Gasteiger charge is -2.36. The monoisotopic (exact) mass is 445 g/mol. The molecule has 1 nitrogen and oxygen atoms in total. The summed E-state index contributed by atoms with van der Waals surface area (Å²) in [7, 11) is 5.87. The number of para-hydroxylation sites is 1. The number of rotatable bonds is 9. The Bertz CT molecular complexity index is 949. The minimum Gasteiger partial charge on any atom is -0.372 e. The normalized spacial score (nSPS) is 10.8. The molecule has 0 spiro atoms. The van der Waals surface area contributed by atoms with Crippen molar-refractivity contribution in [2.45, 2.75) is 38.4 Å². The molecule has 4 rings (SSSR count). The molecule has 4 aromatic rings. The van der Waals surface area contributed by atoms with E-state index in [1.165, 1.54) is 22.4 Å². The summed E-state index contributed by atoms with van der Waals surface area (Å²) >= 11 is 0. The maximum Gasteiger partial charge on any atom is 0.0653 e. The molecule has 0 amide bonds. The molecule has 0 aliphatic heterocycles. The topological polar surface area (TPSA) is 3.24 Å². The predicted molar refractivity (Wildman–Crippen MR) is 149 cm³/mol. The number of anilines is 1. The molecule has 172 valence electrons. The third kappa shape index (κ3) is 6.20. The molecule has 0 aliphatic carbocycles. The zero-order valence-corrected chi connectivity index (χ0v) is 20.6. The Kier molecular flexibility index (Phi) is 10.0. The summed E-state index contributed by atoms with van der Waals surface area (Å²) < 4.78 is 0. The number of nitrogens with zero attached hydrogens (tertiary/aromatic N) is 1. The fourth-order valence-corrected chi connectivity index (χ4v) is 4.70. The van der Waals surface area contributed by atoms with Crippen molar-refractivity contribution in [3.05, 3.63) is 138 Å². The van der Waals surface area contributed by atoms with Crippen molar-refractivity contribution in [2.75, 3.05) is 18.0 Å². The van der Waals surface area contributed by atoms with Crippen molar-refractivity contribution in [1.82, 2.24) is 0 Å². The van der Waals surface area contributed by atoms with Crippen LogP contribution in [0.1, 0.15) is 43.4 Å². The third-order valence-corrected chi connectivity index (χ3v) is 6.44. The van der Waals surface area contributed by atoms with Gasteiger partial charge in [-0.1, -0.05) is 122 Å². The first-order chi connectivity index (χ1) is 16.8. The standard InChI is InChI=1S/C22H21B.C10H15N/c23-18-10-17-22(19-11-4-1-5-12-19,20-13-6-2-7-14-20)21-15-8-3-9-16-21;1-3-11(4-2)10-8-6-5-7-9-10/h1-9,11-16H,10,17-18H2;5-9H,3-4H2,1-2H3. The lowest BCUT2D eigenvalue weighted by Crippen LogP contribution is -2.29. The zero-order valence-electron chi connectivity index (χ0n) is 20.6. The van der Waals surface area contributed by atoms with Gasteiger partial charge in [-0.25, -0.2) is 0 Å². The van der Waals surface area contributed by atoms with Crippen LogP contribution in [0.2, 0.25) is 6.32 Å². The summed E-state index contributed by atoms with van der Waals surface area (Å²) in [5.41, 5.74) is 5.14. The highest BCUT2D eigenvalue weighted by Crippen LogP contribution is 2.43. The Morgan fingerprint density at radius 2 is 0.912 bits per heavy atom. The minimum absolute atomic E-state index is 0.150. The third-order valence-electron chi connectivity index (χ3n) is 6.44. The largest absolute Gasteiger partial charge is 0.372 e. The molecule has 0 saturated heterocycles. The van der Waals surface area contributed by atoms with Crippen molar-refractivity contribution in [3.8, 4) is 0 Å². The van der Waals surface area contributed by atoms with Crippen molar-refractivity contribution in [1.29, 1.82) is 0 Å². The molecule has 0 aliphatic rings. The Hall–Kier alpha value is -3.26. The average molecular weight is 445 g/mol. The Morgan fingerprint density at radius 1 is 0.559 bits per heavy atom. The van der Waals surface area contributed by atoms with Crippen molar-refractivity contribution in [2.24, 2.45) is 0 Å². The minimum atomic E-state index is -0.150. The molecular formula is C32H36BN. The molecular weight excluding hydrogens is 409 g/mol. The van der Waals surface area contributed by atoms with Gasteiger partial charge in [-0.05, 0) is 49.1 Å². The summed E-state index contributed by atoms with van der Waals surface area (Å²) in [6.07, 6.45) is 2.69. The second-order valence-corrected chi connectivity index (χ2v) is 8.40. The van der Waals surface area contributed by atoms with E-state index < -0.39 is 0 Å². The van der Waals surface area contributed by atoms with Crippen LogP contribution in [0.5, 0.6) is 0 Å². The summed E-state index contributed by atoms with van der Waals surface area (Å²) in [4.78, 5) is 2.33. The molecule has 0 unspecified atom stereocenters. The van der Waals surface area contributed by atoms with Gasteiger partial charge in [-0.15, -0.1) is 0 Å². The smallest absolute Gasteiger partial charge is 0.0653 e. The van der Waals surface area contributed by atoms with E-state index in [1.807, 2.05) is 6.07 Å². The van der Waals surface area contributed by atoms with E-state index in [-0.39, 0.29) is 5.41 Å². The maximum atomic E-state index is 5.87. The highest BCUT2D eigenvalue weighted by atomic mass is 15.1. The number of benzene rings is 4. The zero-order chi connectivity index (χ0) is 24.1. The predicted octanol–water partition coefficient (Wildman–Crippen LogP) is 7.92. The maximum absolute atomic E-state index is 5.87. The van der Waals surface area contributed by atoms with Crippen LogP contribution in [0, 0.1) is 0 Å². The van der Waals surface area contributed by atoms with E-state index >= 15 is 0 Å². The summed E-state index contributed by atoms with van der Waals surface area (Å²) in [6.45, 7) is 6.52. The quantitative estimate of drug-likeness (QED) is 0.187. The molecule has 0 bridgehead atoms. The first kappa shape index (κ1) is 25.4.